The predicted molar refractivity (Wildman–Crippen MR) is 68.3 cm³/mol. The third-order valence-electron chi connectivity index (χ3n) is 3.09. The van der Waals surface area contributed by atoms with Crippen LogP contribution in [0.4, 0.5) is 0 Å². The minimum Gasteiger partial charge on any atom is -0.493 e. The molecule has 1 N–H and O–H groups in total. The van der Waals surface area contributed by atoms with Crippen molar-refractivity contribution in [3.63, 3.8) is 0 Å². The second kappa shape index (κ2) is 6.61. The average Bonchev–Trinajstić information content (AvgIpc) is 2.42. The van der Waals surface area contributed by atoms with Gasteiger partial charge in [0.1, 0.15) is 6.10 Å². The molecule has 1 aliphatic rings. The zero-order valence-electron chi connectivity index (χ0n) is 10.7. The Kier molecular flexibility index (Phi) is 4.84. The highest BCUT2D eigenvalue weighted by Crippen LogP contribution is 2.30. The van der Waals surface area contributed by atoms with E-state index in [0.29, 0.717) is 6.42 Å². The molecule has 0 amide bonds. The van der Waals surface area contributed by atoms with Gasteiger partial charge in [0.05, 0.1) is 20.3 Å². The summed E-state index contributed by atoms with van der Waals surface area (Å²) in [6, 6.07) is 5.80. The van der Waals surface area contributed by atoms with E-state index in [4.69, 9.17) is 19.3 Å². The highest BCUT2D eigenvalue weighted by atomic mass is 16.5. The Labute approximate surface area is 107 Å². The van der Waals surface area contributed by atoms with Gasteiger partial charge in [-0.15, -0.1) is 0 Å². The number of methoxy groups -OCH3 is 1. The minimum absolute atomic E-state index is 0.142. The average molecular weight is 252 g/mol. The monoisotopic (exact) mass is 252 g/mol. The van der Waals surface area contributed by atoms with E-state index < -0.39 is 0 Å². The molecule has 4 heteroatoms. The molecule has 0 aromatic heterocycles. The first-order valence-corrected chi connectivity index (χ1v) is 6.35. The molecule has 0 atom stereocenters. The van der Waals surface area contributed by atoms with Crippen LogP contribution in [0.1, 0.15) is 18.4 Å². The molecule has 0 aliphatic carbocycles. The maximum Gasteiger partial charge on any atom is 0.161 e. The van der Waals surface area contributed by atoms with Gasteiger partial charge in [-0.25, -0.2) is 0 Å². The topological polar surface area (TPSA) is 47.9 Å². The lowest BCUT2D eigenvalue weighted by molar-refractivity contribution is 0.0245. The van der Waals surface area contributed by atoms with Crippen molar-refractivity contribution < 1.29 is 19.3 Å². The van der Waals surface area contributed by atoms with Crippen LogP contribution >= 0.6 is 0 Å². The van der Waals surface area contributed by atoms with Gasteiger partial charge in [-0.2, -0.15) is 0 Å². The van der Waals surface area contributed by atoms with Gasteiger partial charge in [0.25, 0.3) is 0 Å². The summed E-state index contributed by atoms with van der Waals surface area (Å²) >= 11 is 0. The van der Waals surface area contributed by atoms with Crippen LogP contribution in [0, 0.1) is 0 Å². The molecule has 0 spiro atoms. The molecule has 0 unspecified atom stereocenters. The molecule has 0 bridgehead atoms. The summed E-state index contributed by atoms with van der Waals surface area (Å²) in [5.41, 5.74) is 1.05. The summed E-state index contributed by atoms with van der Waals surface area (Å²) < 4.78 is 16.6. The number of aliphatic hydroxyl groups is 1. The van der Waals surface area contributed by atoms with E-state index in [9.17, 15) is 0 Å². The SMILES string of the molecule is COc1cc(CCO)ccc1OC1CCOCC1. The van der Waals surface area contributed by atoms with Gasteiger partial charge in [-0.1, -0.05) is 6.07 Å². The van der Waals surface area contributed by atoms with Crippen molar-refractivity contribution >= 4 is 0 Å². The van der Waals surface area contributed by atoms with Crippen molar-refractivity contribution in [2.45, 2.75) is 25.4 Å². The summed E-state index contributed by atoms with van der Waals surface area (Å²) in [6.45, 7) is 1.66. The molecule has 0 saturated carbocycles. The van der Waals surface area contributed by atoms with Crippen molar-refractivity contribution in [2.24, 2.45) is 0 Å². The predicted octanol–water partition coefficient (Wildman–Crippen LogP) is 1.79. The van der Waals surface area contributed by atoms with E-state index in [1.807, 2.05) is 18.2 Å². The molecule has 1 fully saturated rings. The molecule has 1 heterocycles. The zero-order valence-corrected chi connectivity index (χ0v) is 10.7. The maximum atomic E-state index is 8.93. The second-order valence-corrected chi connectivity index (χ2v) is 4.39. The van der Waals surface area contributed by atoms with Gasteiger partial charge < -0.3 is 19.3 Å². The minimum atomic E-state index is 0.142. The van der Waals surface area contributed by atoms with Crippen molar-refractivity contribution in [3.8, 4) is 11.5 Å². The van der Waals surface area contributed by atoms with Crippen LogP contribution < -0.4 is 9.47 Å². The third kappa shape index (κ3) is 3.37. The van der Waals surface area contributed by atoms with Crippen molar-refractivity contribution in [2.75, 3.05) is 26.9 Å². The third-order valence-corrected chi connectivity index (χ3v) is 3.09. The fraction of sp³-hybridized carbons (Fsp3) is 0.571. The molecule has 18 heavy (non-hydrogen) atoms. The van der Waals surface area contributed by atoms with Crippen LogP contribution in [-0.4, -0.2) is 38.1 Å². The molecule has 4 nitrogen and oxygen atoms in total. The first kappa shape index (κ1) is 13.2. The Bertz CT molecular complexity index is 372. The van der Waals surface area contributed by atoms with Gasteiger partial charge in [-0.05, 0) is 24.1 Å². The lowest BCUT2D eigenvalue weighted by Crippen LogP contribution is -2.26. The van der Waals surface area contributed by atoms with Gasteiger partial charge in [0.15, 0.2) is 11.5 Å². The largest absolute Gasteiger partial charge is 0.493 e. The maximum absolute atomic E-state index is 8.93. The van der Waals surface area contributed by atoms with E-state index in [-0.39, 0.29) is 12.7 Å². The van der Waals surface area contributed by atoms with Crippen molar-refractivity contribution in [1.82, 2.24) is 0 Å². The molecule has 1 aromatic rings. The standard InChI is InChI=1S/C14H20O4/c1-16-14-10-11(4-7-15)2-3-13(14)18-12-5-8-17-9-6-12/h2-3,10,12,15H,4-9H2,1H3. The Morgan fingerprint density at radius 3 is 2.72 bits per heavy atom. The van der Waals surface area contributed by atoms with E-state index >= 15 is 0 Å². The number of hydrogen-bond acceptors (Lipinski definition) is 4. The van der Waals surface area contributed by atoms with Crippen molar-refractivity contribution in [3.05, 3.63) is 23.8 Å². The van der Waals surface area contributed by atoms with Gasteiger partial charge in [-0.3, -0.25) is 0 Å². The van der Waals surface area contributed by atoms with Crippen LogP contribution in [0.15, 0.2) is 18.2 Å². The normalized spacial score (nSPS) is 16.6. The van der Waals surface area contributed by atoms with Crippen LogP contribution in [-0.2, 0) is 11.2 Å². The fourth-order valence-electron chi connectivity index (χ4n) is 2.07. The van der Waals surface area contributed by atoms with Crippen LogP contribution in [0.25, 0.3) is 0 Å². The first-order chi connectivity index (χ1) is 8.83. The quantitative estimate of drug-likeness (QED) is 0.868. The highest BCUT2D eigenvalue weighted by Gasteiger charge is 2.17. The Morgan fingerprint density at radius 2 is 2.06 bits per heavy atom. The molecule has 1 saturated heterocycles. The number of benzene rings is 1. The van der Waals surface area contributed by atoms with Gasteiger partial charge in [0.2, 0.25) is 0 Å². The molecular formula is C14H20O4. The fourth-order valence-corrected chi connectivity index (χ4v) is 2.07. The van der Waals surface area contributed by atoms with E-state index in [1.165, 1.54) is 0 Å². The molecule has 2 rings (SSSR count). The summed E-state index contributed by atoms with van der Waals surface area (Å²) in [5, 5.41) is 8.93. The number of rotatable bonds is 5. The van der Waals surface area contributed by atoms with E-state index in [2.05, 4.69) is 0 Å². The van der Waals surface area contributed by atoms with E-state index in [0.717, 1.165) is 43.1 Å². The number of hydrogen-bond donors (Lipinski definition) is 1. The van der Waals surface area contributed by atoms with Gasteiger partial charge >= 0.3 is 0 Å². The lowest BCUT2D eigenvalue weighted by atomic mass is 10.1. The summed E-state index contributed by atoms with van der Waals surface area (Å²) in [6.07, 6.45) is 2.67. The molecule has 1 aliphatic heterocycles. The highest BCUT2D eigenvalue weighted by molar-refractivity contribution is 5.43. The van der Waals surface area contributed by atoms with Crippen LogP contribution in [0.3, 0.4) is 0 Å². The summed E-state index contributed by atoms with van der Waals surface area (Å²) in [5.74, 6) is 1.50. The molecule has 0 radical (unpaired) electrons. The number of ether oxygens (including phenoxy) is 3. The Morgan fingerprint density at radius 1 is 1.28 bits per heavy atom. The summed E-state index contributed by atoms with van der Waals surface area (Å²) in [4.78, 5) is 0. The van der Waals surface area contributed by atoms with Gasteiger partial charge in [0, 0.05) is 19.4 Å². The van der Waals surface area contributed by atoms with E-state index in [1.54, 1.807) is 7.11 Å². The Hall–Kier alpha value is -1.26. The zero-order chi connectivity index (χ0) is 12.8. The van der Waals surface area contributed by atoms with Crippen LogP contribution in [0.2, 0.25) is 0 Å². The summed E-state index contributed by atoms with van der Waals surface area (Å²) in [7, 11) is 1.63. The van der Waals surface area contributed by atoms with Crippen LogP contribution in [0.5, 0.6) is 11.5 Å². The lowest BCUT2D eigenvalue weighted by Gasteiger charge is -2.24. The van der Waals surface area contributed by atoms with Crippen molar-refractivity contribution in [1.29, 1.82) is 0 Å². The number of aliphatic hydroxyl groups excluding tert-OH is 1. The second-order valence-electron chi connectivity index (χ2n) is 4.39. The smallest absolute Gasteiger partial charge is 0.161 e. The molecular weight excluding hydrogens is 232 g/mol. The molecule has 100 valence electrons. The Balaban J connectivity index is 2.06. The first-order valence-electron chi connectivity index (χ1n) is 6.35. The molecule has 1 aromatic carbocycles.